The van der Waals surface area contributed by atoms with Crippen LogP contribution in [0, 0.1) is 0 Å². The van der Waals surface area contributed by atoms with Crippen molar-refractivity contribution in [2.24, 2.45) is 0 Å². The van der Waals surface area contributed by atoms with E-state index in [1.54, 1.807) is 0 Å². The minimum Gasteiger partial charge on any atom is -0.652 e. The van der Waals surface area contributed by atoms with Gasteiger partial charge in [-0.15, -0.1) is 0 Å². The van der Waals surface area contributed by atoms with E-state index < -0.39 is 6.16 Å². The van der Waals surface area contributed by atoms with Crippen LogP contribution in [0.2, 0.25) is 0 Å². The van der Waals surface area contributed by atoms with Crippen LogP contribution in [0.3, 0.4) is 0 Å². The third kappa shape index (κ3) is 135. The van der Waals surface area contributed by atoms with Gasteiger partial charge in [-0.1, -0.05) is 0 Å². The molecule has 5 heteroatoms. The molecular weight excluding hydrogens is 178 g/mol. The number of hydrogen-bond donors (Lipinski definition) is 0. The van der Waals surface area contributed by atoms with Crippen LogP contribution in [-0.2, 0) is 26.2 Å². The van der Waals surface area contributed by atoms with E-state index in [-0.39, 0.29) is 43.6 Å². The van der Waals surface area contributed by atoms with Crippen LogP contribution < -0.4 is 10.2 Å². The molecule has 0 amide bonds. The van der Waals surface area contributed by atoms with E-state index in [1.165, 1.54) is 0 Å². The van der Waals surface area contributed by atoms with Gasteiger partial charge in [-0.3, -0.25) is 0 Å². The molecule has 0 bridgehead atoms. The van der Waals surface area contributed by atoms with Gasteiger partial charge in [0.15, 0.2) is 0 Å². The Morgan fingerprint density at radius 2 is 1.33 bits per heavy atom. The van der Waals surface area contributed by atoms with Crippen LogP contribution in [0.1, 0.15) is 0 Å². The molecule has 6 heavy (non-hydrogen) atoms. The van der Waals surface area contributed by atoms with Crippen molar-refractivity contribution in [2.75, 3.05) is 0 Å². The molecule has 3 nitrogen and oxygen atoms in total. The maximum absolute atomic E-state index is 8.33. The first-order valence-corrected chi connectivity index (χ1v) is 0.612. The summed E-state index contributed by atoms with van der Waals surface area (Å²) in [5.74, 6) is 0. The first-order valence-electron chi connectivity index (χ1n) is 0.612. The Bertz CT molecular complexity index is 33.8. The maximum atomic E-state index is 8.33. The fraction of sp³-hybridized carbons (Fsp3) is 0. The number of carboxylic acid groups (broad SMARTS) is 2. The average molecular weight is 178 g/mol. The maximum Gasteiger partial charge on any atom is 3.00 e. The Morgan fingerprint density at radius 1 is 1.33 bits per heavy atom. The summed E-state index contributed by atoms with van der Waals surface area (Å²) < 4.78 is 0. The minimum absolute atomic E-state index is 0. The summed E-state index contributed by atoms with van der Waals surface area (Å²) in [6.07, 6.45) is -2.33. The Balaban J connectivity index is -0.0000000450. The molecule has 0 unspecified atom stereocenters. The first kappa shape index (κ1) is 15.9. The molecule has 0 aliphatic heterocycles. The van der Waals surface area contributed by atoms with Gasteiger partial charge in [0.25, 0.3) is 0 Å². The van der Waals surface area contributed by atoms with Gasteiger partial charge in [-0.25, -0.2) is 0 Å². The van der Waals surface area contributed by atoms with E-state index in [9.17, 15) is 0 Å². The molecule has 0 aliphatic rings. The molecule has 0 rings (SSSR count). The van der Waals surface area contributed by atoms with Crippen LogP contribution in [0.25, 0.3) is 0 Å². The van der Waals surface area contributed by atoms with E-state index in [0.29, 0.717) is 0 Å². The summed E-state index contributed by atoms with van der Waals surface area (Å²) in [5, 5.41) is 16.7. The summed E-state index contributed by atoms with van der Waals surface area (Å²) in [6, 6.07) is 0. The van der Waals surface area contributed by atoms with Crippen LogP contribution in [-0.4, -0.2) is 23.5 Å². The van der Waals surface area contributed by atoms with E-state index in [0.717, 1.165) is 0 Å². The fourth-order valence-electron chi connectivity index (χ4n) is 0. The molecule has 0 aromatic heterocycles. The van der Waals surface area contributed by atoms with Gasteiger partial charge < -0.3 is 15.0 Å². The van der Waals surface area contributed by atoms with Crippen molar-refractivity contribution < 1.29 is 41.2 Å². The van der Waals surface area contributed by atoms with Crippen LogP contribution in [0.4, 0.5) is 4.79 Å². The van der Waals surface area contributed by atoms with Crippen molar-refractivity contribution in [1.82, 2.24) is 0 Å². The molecule has 0 fully saturated rings. The van der Waals surface area contributed by atoms with E-state index >= 15 is 0 Å². The summed E-state index contributed by atoms with van der Waals surface area (Å²) in [7, 11) is 0. The normalized spacial score (nSPS) is 4.00. The molecule has 0 N–H and O–H groups in total. The van der Waals surface area contributed by atoms with E-state index in [2.05, 4.69) is 0 Å². The van der Waals surface area contributed by atoms with Gasteiger partial charge in [-0.2, -0.15) is 0 Å². The smallest absolute Gasteiger partial charge is 0.652 e. The number of carbonyl (C=O) groups is 1. The Morgan fingerprint density at radius 3 is 1.33 bits per heavy atom. The Hall–Kier alpha value is 0.686. The summed E-state index contributed by atoms with van der Waals surface area (Å²) in [6.45, 7) is 0. The zero-order valence-corrected chi connectivity index (χ0v) is 6.41. The SMILES string of the molecule is O=C([O-])[O-].[Al+3].[Zr+2]. The molecule has 0 aromatic rings. The molecule has 26 valence electrons. The molecule has 0 radical (unpaired) electrons. The van der Waals surface area contributed by atoms with Gasteiger partial charge in [-0.05, 0) is 6.16 Å². The molecule has 0 aliphatic carbocycles. The fourth-order valence-corrected chi connectivity index (χ4v) is 0. The molecular formula is CAlO3Zr+3. The second-order valence-corrected chi connectivity index (χ2v) is 0.250. The van der Waals surface area contributed by atoms with Crippen LogP contribution in [0.5, 0.6) is 0 Å². The standard InChI is InChI=1S/CH2O3.Al.Zr/c2-1(3)4;;/h(H2,2,3,4);;/q;+3;+2/p-2. The van der Waals surface area contributed by atoms with Gasteiger partial charge in [0.2, 0.25) is 0 Å². The summed E-state index contributed by atoms with van der Waals surface area (Å²) in [5.41, 5.74) is 0. The van der Waals surface area contributed by atoms with E-state index in [1.807, 2.05) is 0 Å². The molecule has 0 saturated heterocycles. The third-order valence-electron chi connectivity index (χ3n) is 0. The Labute approximate surface area is 64.6 Å². The van der Waals surface area contributed by atoms with E-state index in [4.69, 9.17) is 15.0 Å². The largest absolute Gasteiger partial charge is 3.00 e. The molecule has 0 aromatic carbocycles. The van der Waals surface area contributed by atoms with Gasteiger partial charge in [0.05, 0.1) is 0 Å². The van der Waals surface area contributed by atoms with Gasteiger partial charge in [0, 0.05) is 0 Å². The van der Waals surface area contributed by atoms with Crippen molar-refractivity contribution in [1.29, 1.82) is 0 Å². The van der Waals surface area contributed by atoms with Crippen LogP contribution >= 0.6 is 0 Å². The van der Waals surface area contributed by atoms with Crippen molar-refractivity contribution in [3.8, 4) is 0 Å². The van der Waals surface area contributed by atoms with Crippen molar-refractivity contribution in [2.45, 2.75) is 0 Å². The van der Waals surface area contributed by atoms with Crippen molar-refractivity contribution in [3.05, 3.63) is 0 Å². The second kappa shape index (κ2) is 9.19. The topological polar surface area (TPSA) is 63.2 Å². The van der Waals surface area contributed by atoms with Gasteiger partial charge in [0.1, 0.15) is 0 Å². The molecule has 0 saturated carbocycles. The first-order chi connectivity index (χ1) is 1.73. The quantitative estimate of drug-likeness (QED) is 0.376. The van der Waals surface area contributed by atoms with Crippen molar-refractivity contribution >= 4 is 23.5 Å². The minimum atomic E-state index is -2.33. The predicted molar refractivity (Wildman–Crippen MR) is 11.1 cm³/mol. The zero-order valence-electron chi connectivity index (χ0n) is 2.80. The van der Waals surface area contributed by atoms with Gasteiger partial charge >= 0.3 is 43.6 Å². The summed E-state index contributed by atoms with van der Waals surface area (Å²) in [4.78, 5) is 8.33. The predicted octanol–water partition coefficient (Wildman–Crippen LogP) is -2.83. The molecule has 0 atom stereocenters. The second-order valence-electron chi connectivity index (χ2n) is 0.250. The zero-order chi connectivity index (χ0) is 3.58. The Kier molecular flexibility index (Phi) is 24.4. The molecule has 0 spiro atoms. The van der Waals surface area contributed by atoms with Crippen molar-refractivity contribution in [3.63, 3.8) is 0 Å². The number of rotatable bonds is 0. The third-order valence-corrected chi connectivity index (χ3v) is 0. The monoisotopic (exact) mass is 177 g/mol. The summed E-state index contributed by atoms with van der Waals surface area (Å²) >= 11 is 0. The molecule has 0 heterocycles. The average Bonchev–Trinajstić information content (AvgIpc) is 0.811. The number of carbonyl (C=O) groups excluding carboxylic acids is 1. The van der Waals surface area contributed by atoms with Crippen LogP contribution in [0.15, 0.2) is 0 Å². The number of hydrogen-bond acceptors (Lipinski definition) is 3.